The summed E-state index contributed by atoms with van der Waals surface area (Å²) in [5.41, 5.74) is 0. The molecule has 30 valence electrons. The number of nitrogens with zero attached hydrogens (tertiary/aromatic N) is 2. The molecule has 0 aliphatic heterocycles. The van der Waals surface area contributed by atoms with Crippen molar-refractivity contribution in [1.29, 1.82) is 5.26 Å². The predicted molar refractivity (Wildman–Crippen MR) is 19.9 cm³/mol. The van der Waals surface area contributed by atoms with Gasteiger partial charge in [0.1, 0.15) is 0 Å². The van der Waals surface area contributed by atoms with Crippen LogP contribution in [0.2, 0.25) is 0 Å². The number of hydrogen-bond acceptors (Lipinski definition) is 3. The molecule has 0 aliphatic rings. The molecule has 0 saturated carbocycles. The molecule has 0 atom stereocenters. The summed E-state index contributed by atoms with van der Waals surface area (Å²) in [5.74, 6) is 0. The van der Waals surface area contributed by atoms with Gasteiger partial charge in [0.2, 0.25) is 0 Å². The van der Waals surface area contributed by atoms with Crippen molar-refractivity contribution in [3.8, 4) is 6.26 Å². The summed E-state index contributed by atoms with van der Waals surface area (Å²) in [6.07, 6.45) is 1.32. The summed E-state index contributed by atoms with van der Waals surface area (Å²) in [5, 5.41) is 10.5. The van der Waals surface area contributed by atoms with E-state index in [1.54, 1.807) is 0 Å². The van der Waals surface area contributed by atoms with Gasteiger partial charge in [0.05, 0.1) is 0 Å². The van der Waals surface area contributed by atoms with E-state index in [4.69, 9.17) is 5.26 Å². The van der Waals surface area contributed by atoms with Gasteiger partial charge in [-0.2, -0.15) is 0 Å². The van der Waals surface area contributed by atoms with Crippen molar-refractivity contribution in [2.45, 2.75) is 0 Å². The van der Waals surface area contributed by atoms with Crippen LogP contribution in [0.4, 0.5) is 0 Å². The van der Waals surface area contributed by atoms with Crippen LogP contribution in [0.1, 0.15) is 0 Å². The van der Waals surface area contributed by atoms with E-state index in [0.29, 0.717) is 0 Å². The van der Waals surface area contributed by atoms with Crippen molar-refractivity contribution in [3.63, 3.8) is 0 Å². The van der Waals surface area contributed by atoms with Gasteiger partial charge in [-0.3, -0.25) is 0 Å². The average molecular weight is 147 g/mol. The maximum absolute atomic E-state index is 7.58. The Morgan fingerprint density at radius 2 is 2.50 bits per heavy atom. The summed E-state index contributed by atoms with van der Waals surface area (Å²) in [7, 11) is 0. The Hall–Kier alpha value is -0.611. The van der Waals surface area contributed by atoms with Gasteiger partial charge in [0.25, 0.3) is 0 Å². The number of hydrogen-bond donors (Lipinski definition) is 0. The Labute approximate surface area is 42.6 Å². The van der Waals surface area contributed by atoms with E-state index in [1.807, 2.05) is 0 Å². The van der Waals surface area contributed by atoms with Gasteiger partial charge in [-0.25, -0.2) is 0 Å². The molecule has 0 aromatic heterocycles. The molecule has 6 heavy (non-hydrogen) atoms. The molecule has 0 aliphatic carbocycles. The van der Waals surface area contributed by atoms with E-state index in [2.05, 4.69) is 30.3 Å². The molecule has 0 heterocycles. The molecular formula is C2N2OSe. The molecule has 0 bridgehead atoms. The quantitative estimate of drug-likeness (QED) is 0.216. The van der Waals surface area contributed by atoms with Gasteiger partial charge < -0.3 is 0 Å². The maximum atomic E-state index is 7.58. The second-order valence-corrected chi connectivity index (χ2v) is 0.748. The van der Waals surface area contributed by atoms with Crippen LogP contribution in [0.5, 0.6) is 0 Å². The van der Waals surface area contributed by atoms with Crippen molar-refractivity contribution >= 4 is 20.3 Å². The van der Waals surface area contributed by atoms with Crippen LogP contribution in [0.25, 0.3) is 0 Å². The molecule has 0 aromatic rings. The molecule has 0 rings (SSSR count). The molecule has 0 aromatic carbocycles. The van der Waals surface area contributed by atoms with Gasteiger partial charge >= 0.3 is 41.8 Å². The summed E-state index contributed by atoms with van der Waals surface area (Å²) < 4.78 is 2.12. The van der Waals surface area contributed by atoms with Gasteiger partial charge in [-0.1, -0.05) is 0 Å². The van der Waals surface area contributed by atoms with Crippen molar-refractivity contribution in [2.75, 3.05) is 0 Å². The Morgan fingerprint density at radius 3 is 2.67 bits per heavy atom. The normalized spacial score (nSPS) is 4.50. The second kappa shape index (κ2) is 4.39. The van der Waals surface area contributed by atoms with E-state index in [1.165, 1.54) is 6.26 Å². The number of rotatable bonds is 1. The molecule has 3 nitrogen and oxygen atoms in total. The predicted octanol–water partition coefficient (Wildman–Crippen LogP) is -0.527. The van der Waals surface area contributed by atoms with Crippen LogP contribution < -0.4 is 0 Å². The summed E-state index contributed by atoms with van der Waals surface area (Å²) >= 11 is 2.28. The summed E-state index contributed by atoms with van der Waals surface area (Å²) in [4.78, 5) is 3.77. The fourth-order valence-corrected chi connectivity index (χ4v) is 0.117. The van der Waals surface area contributed by atoms with Crippen LogP contribution in [0, 0.1) is 11.5 Å². The van der Waals surface area contributed by atoms with Gasteiger partial charge in [0, 0.05) is 0 Å². The molecule has 0 spiro atoms. The third-order valence-electron chi connectivity index (χ3n) is 0.124. The van der Waals surface area contributed by atoms with Crippen molar-refractivity contribution < 1.29 is 4.84 Å². The zero-order valence-corrected chi connectivity index (χ0v) is 4.42. The van der Waals surface area contributed by atoms with Crippen molar-refractivity contribution in [1.82, 2.24) is 0 Å². The van der Waals surface area contributed by atoms with Crippen LogP contribution in [0.3, 0.4) is 0 Å². The third-order valence-corrected chi connectivity index (χ3v) is 0.280. The van der Waals surface area contributed by atoms with Crippen LogP contribution >= 0.6 is 0 Å². The SMILES string of the molecule is N#CON=C=[Se]. The number of nitriles is 1. The Balaban J connectivity index is 3.16. The van der Waals surface area contributed by atoms with E-state index in [9.17, 15) is 0 Å². The van der Waals surface area contributed by atoms with Crippen LogP contribution in [0.15, 0.2) is 5.16 Å². The first-order valence-electron chi connectivity index (χ1n) is 1.04. The first kappa shape index (κ1) is 5.39. The zero-order chi connectivity index (χ0) is 4.83. The fourth-order valence-electron chi connectivity index (χ4n) is 0.0390. The second-order valence-electron chi connectivity index (χ2n) is 0.365. The van der Waals surface area contributed by atoms with Crippen LogP contribution in [-0.2, 0) is 4.84 Å². The Kier molecular flexibility index (Phi) is 3.94. The standard InChI is InChI=1S/C2N2OSe/c3-1-5-4-2-6. The van der Waals surface area contributed by atoms with Gasteiger partial charge in [-0.05, 0) is 0 Å². The Morgan fingerprint density at radius 1 is 1.83 bits per heavy atom. The molecule has 0 saturated heterocycles. The molecule has 0 radical (unpaired) electrons. The van der Waals surface area contributed by atoms with Gasteiger partial charge in [0.15, 0.2) is 0 Å². The zero-order valence-electron chi connectivity index (χ0n) is 2.71. The molecule has 4 heteroatoms. The third kappa shape index (κ3) is 3.39. The van der Waals surface area contributed by atoms with Crippen molar-refractivity contribution in [2.24, 2.45) is 5.16 Å². The van der Waals surface area contributed by atoms with Crippen LogP contribution in [-0.4, -0.2) is 20.3 Å². The van der Waals surface area contributed by atoms with Gasteiger partial charge in [-0.15, -0.1) is 0 Å². The topological polar surface area (TPSA) is 45.4 Å². The minimum absolute atomic E-state index is 1.32. The molecule has 0 amide bonds. The first-order valence-corrected chi connectivity index (χ1v) is 1.89. The van der Waals surface area contributed by atoms with E-state index in [-0.39, 0.29) is 0 Å². The Bertz CT molecular complexity index is 109. The monoisotopic (exact) mass is 148 g/mol. The van der Waals surface area contributed by atoms with E-state index >= 15 is 0 Å². The molecule has 0 unspecified atom stereocenters. The molecule has 0 N–H and O–H groups in total. The van der Waals surface area contributed by atoms with E-state index < -0.39 is 0 Å². The van der Waals surface area contributed by atoms with E-state index in [0.717, 1.165) is 0 Å². The first-order chi connectivity index (χ1) is 2.91. The fraction of sp³-hybridized carbons (Fsp3) is 0. The summed E-state index contributed by atoms with van der Waals surface area (Å²) in [6, 6.07) is 0. The molecular weight excluding hydrogens is 147 g/mol. The van der Waals surface area contributed by atoms with Crippen molar-refractivity contribution in [3.05, 3.63) is 0 Å². The average Bonchev–Trinajstić information content (AvgIpc) is 1.61. The minimum atomic E-state index is 1.32. The summed E-state index contributed by atoms with van der Waals surface area (Å²) in [6.45, 7) is 0. The molecule has 0 fully saturated rings.